The highest BCUT2D eigenvalue weighted by Gasteiger charge is 2.22. The number of nitrogens with two attached hydrogens (primary N) is 1. The van der Waals surface area contributed by atoms with Crippen molar-refractivity contribution in [3.05, 3.63) is 46.2 Å². The van der Waals surface area contributed by atoms with E-state index in [2.05, 4.69) is 17.3 Å². The average Bonchev–Trinajstić information content (AvgIpc) is 2.74. The standard InChI is InChI=1S/C17H23ClN4O/c1-10(14-6-8-15(18)9-7-14)19-12(3)17(23)20-16-11(2)21-22(5)13(16)4/h6-10,12,19H,1-5H3,(H,20,23)/p+1/t10-,12+/m1/s1. The molecule has 6 heteroatoms. The molecule has 0 spiro atoms. The van der Waals surface area contributed by atoms with Crippen LogP contribution in [0.2, 0.25) is 5.02 Å². The van der Waals surface area contributed by atoms with Gasteiger partial charge in [-0.15, -0.1) is 0 Å². The molecule has 0 saturated carbocycles. The first-order chi connectivity index (χ1) is 10.8. The zero-order valence-electron chi connectivity index (χ0n) is 14.2. The lowest BCUT2D eigenvalue weighted by atomic mass is 10.1. The molecule has 23 heavy (non-hydrogen) atoms. The van der Waals surface area contributed by atoms with Gasteiger partial charge in [0.1, 0.15) is 6.04 Å². The van der Waals surface area contributed by atoms with E-state index in [0.29, 0.717) is 5.02 Å². The molecule has 1 amide bonds. The van der Waals surface area contributed by atoms with Crippen LogP contribution < -0.4 is 10.6 Å². The third kappa shape index (κ3) is 4.12. The van der Waals surface area contributed by atoms with Gasteiger partial charge >= 0.3 is 0 Å². The first-order valence-corrected chi connectivity index (χ1v) is 8.09. The Morgan fingerprint density at radius 1 is 1.26 bits per heavy atom. The number of rotatable bonds is 5. The second-order valence-electron chi connectivity index (χ2n) is 5.98. The van der Waals surface area contributed by atoms with E-state index in [0.717, 1.165) is 22.6 Å². The first kappa shape index (κ1) is 17.5. The van der Waals surface area contributed by atoms with Gasteiger partial charge in [-0.05, 0) is 39.8 Å². The monoisotopic (exact) mass is 335 g/mol. The maximum atomic E-state index is 12.4. The second kappa shape index (κ2) is 7.15. The normalized spacial score (nSPS) is 13.7. The molecule has 124 valence electrons. The summed E-state index contributed by atoms with van der Waals surface area (Å²) in [6.45, 7) is 7.82. The Morgan fingerprint density at radius 2 is 1.87 bits per heavy atom. The summed E-state index contributed by atoms with van der Waals surface area (Å²) in [5.41, 5.74) is 3.73. The third-order valence-corrected chi connectivity index (χ3v) is 4.40. The van der Waals surface area contributed by atoms with E-state index in [1.807, 2.05) is 57.4 Å². The zero-order valence-corrected chi connectivity index (χ0v) is 15.0. The Morgan fingerprint density at radius 3 is 2.39 bits per heavy atom. The van der Waals surface area contributed by atoms with E-state index in [1.165, 1.54) is 0 Å². The number of hydrogen-bond donors (Lipinski definition) is 2. The number of amides is 1. The summed E-state index contributed by atoms with van der Waals surface area (Å²) >= 11 is 5.91. The smallest absolute Gasteiger partial charge is 0.282 e. The number of benzene rings is 1. The van der Waals surface area contributed by atoms with Gasteiger partial charge in [-0.2, -0.15) is 5.10 Å². The highest BCUT2D eigenvalue weighted by Crippen LogP contribution is 2.18. The van der Waals surface area contributed by atoms with Crippen LogP contribution in [0.5, 0.6) is 0 Å². The SMILES string of the molecule is Cc1nn(C)c(C)c1NC(=O)[C@H](C)[NH2+][C@H](C)c1ccc(Cl)cc1. The maximum absolute atomic E-state index is 12.4. The lowest BCUT2D eigenvalue weighted by Crippen LogP contribution is -2.91. The van der Waals surface area contributed by atoms with Crippen LogP contribution in [0.25, 0.3) is 0 Å². The fraction of sp³-hybridized carbons (Fsp3) is 0.412. The number of nitrogens with one attached hydrogen (secondary N) is 1. The van der Waals surface area contributed by atoms with Crippen molar-refractivity contribution in [2.24, 2.45) is 7.05 Å². The summed E-state index contributed by atoms with van der Waals surface area (Å²) in [6.07, 6.45) is 0. The Balaban J connectivity index is 2.01. The van der Waals surface area contributed by atoms with Gasteiger partial charge in [0.2, 0.25) is 0 Å². The van der Waals surface area contributed by atoms with Crippen molar-refractivity contribution in [3.8, 4) is 0 Å². The second-order valence-corrected chi connectivity index (χ2v) is 6.42. The number of anilines is 1. The van der Waals surface area contributed by atoms with Crippen molar-refractivity contribution in [3.63, 3.8) is 0 Å². The fourth-order valence-electron chi connectivity index (χ4n) is 2.59. The molecule has 2 atom stereocenters. The van der Waals surface area contributed by atoms with E-state index in [-0.39, 0.29) is 18.0 Å². The lowest BCUT2D eigenvalue weighted by Gasteiger charge is -2.17. The maximum Gasteiger partial charge on any atom is 0.282 e. The van der Waals surface area contributed by atoms with E-state index >= 15 is 0 Å². The molecular weight excluding hydrogens is 312 g/mol. The summed E-state index contributed by atoms with van der Waals surface area (Å²) in [4.78, 5) is 12.4. The first-order valence-electron chi connectivity index (χ1n) is 7.71. The predicted octanol–water partition coefficient (Wildman–Crippen LogP) is 2.34. The van der Waals surface area contributed by atoms with Crippen LogP contribution in [0.4, 0.5) is 5.69 Å². The number of quaternary nitrogens is 1. The molecule has 1 heterocycles. The number of halogens is 1. The lowest BCUT2D eigenvalue weighted by molar-refractivity contribution is -0.709. The minimum atomic E-state index is -0.209. The van der Waals surface area contributed by atoms with Crippen molar-refractivity contribution < 1.29 is 10.1 Å². The molecule has 1 aromatic carbocycles. The molecule has 0 saturated heterocycles. The summed E-state index contributed by atoms with van der Waals surface area (Å²) in [7, 11) is 1.87. The number of carbonyl (C=O) groups is 1. The molecule has 5 nitrogen and oxygen atoms in total. The number of carbonyl (C=O) groups excluding carboxylic acids is 1. The number of nitrogens with zero attached hydrogens (tertiary/aromatic N) is 2. The van der Waals surface area contributed by atoms with Gasteiger partial charge in [0, 0.05) is 17.6 Å². The van der Waals surface area contributed by atoms with Crippen LogP contribution in [-0.2, 0) is 11.8 Å². The van der Waals surface area contributed by atoms with E-state index < -0.39 is 0 Å². The van der Waals surface area contributed by atoms with Crippen LogP contribution in [0.3, 0.4) is 0 Å². The molecule has 0 radical (unpaired) electrons. The number of aromatic nitrogens is 2. The topological polar surface area (TPSA) is 63.5 Å². The molecule has 1 aromatic heterocycles. The largest absolute Gasteiger partial charge is 0.330 e. The predicted molar refractivity (Wildman–Crippen MR) is 92.6 cm³/mol. The van der Waals surface area contributed by atoms with Crippen molar-refractivity contribution in [2.45, 2.75) is 39.8 Å². The van der Waals surface area contributed by atoms with Crippen LogP contribution in [0, 0.1) is 13.8 Å². The van der Waals surface area contributed by atoms with E-state index in [1.54, 1.807) is 4.68 Å². The Hall–Kier alpha value is -1.85. The molecule has 0 fully saturated rings. The van der Waals surface area contributed by atoms with Crippen molar-refractivity contribution >= 4 is 23.2 Å². The molecule has 3 N–H and O–H groups in total. The van der Waals surface area contributed by atoms with Crippen LogP contribution in [0.1, 0.15) is 36.8 Å². The molecule has 0 unspecified atom stereocenters. The Bertz CT molecular complexity index is 693. The van der Waals surface area contributed by atoms with Crippen molar-refractivity contribution in [1.29, 1.82) is 0 Å². The highest BCUT2D eigenvalue weighted by molar-refractivity contribution is 6.30. The Kier molecular flexibility index (Phi) is 5.44. The van der Waals surface area contributed by atoms with E-state index in [9.17, 15) is 4.79 Å². The molecule has 0 bridgehead atoms. The summed E-state index contributed by atoms with van der Waals surface area (Å²) in [6, 6.07) is 7.68. The molecule has 0 aliphatic rings. The van der Waals surface area contributed by atoms with Crippen molar-refractivity contribution in [2.75, 3.05) is 5.32 Å². The molecule has 0 aliphatic heterocycles. The van der Waals surface area contributed by atoms with Gasteiger partial charge in [0.15, 0.2) is 6.04 Å². The molecular formula is C17H24ClN4O+. The van der Waals surface area contributed by atoms with Gasteiger partial charge in [0.05, 0.1) is 17.1 Å². The Labute approximate surface area is 142 Å². The van der Waals surface area contributed by atoms with Gasteiger partial charge < -0.3 is 10.6 Å². The van der Waals surface area contributed by atoms with Gasteiger partial charge in [-0.25, -0.2) is 0 Å². The molecule has 2 aromatic rings. The van der Waals surface area contributed by atoms with Crippen LogP contribution in [-0.4, -0.2) is 21.7 Å². The minimum Gasteiger partial charge on any atom is -0.330 e. The number of aryl methyl sites for hydroxylation is 2. The number of hydrogen-bond acceptors (Lipinski definition) is 2. The summed E-state index contributed by atoms with van der Waals surface area (Å²) in [5.74, 6) is -0.0231. The van der Waals surface area contributed by atoms with Gasteiger partial charge in [-0.3, -0.25) is 9.48 Å². The fourth-order valence-corrected chi connectivity index (χ4v) is 2.72. The minimum absolute atomic E-state index is 0.0231. The van der Waals surface area contributed by atoms with Crippen molar-refractivity contribution in [1.82, 2.24) is 9.78 Å². The highest BCUT2D eigenvalue weighted by atomic mass is 35.5. The summed E-state index contributed by atoms with van der Waals surface area (Å²) < 4.78 is 1.77. The summed E-state index contributed by atoms with van der Waals surface area (Å²) in [5, 5.41) is 10.1. The third-order valence-electron chi connectivity index (χ3n) is 4.14. The molecule has 0 aliphatic carbocycles. The average molecular weight is 336 g/mol. The zero-order chi connectivity index (χ0) is 17.1. The quantitative estimate of drug-likeness (QED) is 0.881. The van der Waals surface area contributed by atoms with Crippen LogP contribution >= 0.6 is 11.6 Å². The van der Waals surface area contributed by atoms with E-state index in [4.69, 9.17) is 11.6 Å². The van der Waals surface area contributed by atoms with Gasteiger partial charge in [0.25, 0.3) is 5.91 Å². The molecule has 2 rings (SSSR count). The van der Waals surface area contributed by atoms with Gasteiger partial charge in [-0.1, -0.05) is 23.7 Å². The van der Waals surface area contributed by atoms with Crippen LogP contribution in [0.15, 0.2) is 24.3 Å².